The Morgan fingerprint density at radius 1 is 0.882 bits per heavy atom. The second-order valence-corrected chi connectivity index (χ2v) is 8.36. The minimum atomic E-state index is -0.254. The van der Waals surface area contributed by atoms with Gasteiger partial charge in [0.25, 0.3) is 0 Å². The molecule has 1 aromatic heterocycles. The molecule has 0 bridgehead atoms. The Bertz CT molecular complexity index is 1190. The van der Waals surface area contributed by atoms with Crippen molar-refractivity contribution in [3.05, 3.63) is 102 Å². The second-order valence-electron chi connectivity index (χ2n) is 8.36. The number of methoxy groups -OCH3 is 1. The SMILES string of the molecule is COc1ccc(N2CCN([C@H](c3ccc(F)cc3)c3nnnn3Cc3ccccc3)CC2)cc1. The molecule has 0 aliphatic carbocycles. The predicted octanol–water partition coefficient (Wildman–Crippen LogP) is 3.78. The van der Waals surface area contributed by atoms with Crippen LogP contribution in [0.25, 0.3) is 0 Å². The minimum Gasteiger partial charge on any atom is -0.497 e. The van der Waals surface area contributed by atoms with Crippen LogP contribution in [0.15, 0.2) is 78.9 Å². The van der Waals surface area contributed by atoms with Gasteiger partial charge in [0.15, 0.2) is 5.82 Å². The molecule has 8 heteroatoms. The van der Waals surface area contributed by atoms with Gasteiger partial charge in [-0.3, -0.25) is 4.90 Å². The molecule has 0 amide bonds. The molecule has 1 fully saturated rings. The van der Waals surface area contributed by atoms with E-state index in [1.54, 1.807) is 7.11 Å². The van der Waals surface area contributed by atoms with Crippen LogP contribution in [0.2, 0.25) is 0 Å². The van der Waals surface area contributed by atoms with Crippen LogP contribution in [-0.2, 0) is 6.54 Å². The molecular formula is C26H27FN6O. The molecule has 34 heavy (non-hydrogen) atoms. The lowest BCUT2D eigenvalue weighted by atomic mass is 10.0. The molecule has 174 valence electrons. The normalized spacial score (nSPS) is 15.3. The van der Waals surface area contributed by atoms with Crippen molar-refractivity contribution >= 4 is 5.69 Å². The number of anilines is 1. The highest BCUT2D eigenvalue weighted by molar-refractivity contribution is 5.49. The molecular weight excluding hydrogens is 431 g/mol. The van der Waals surface area contributed by atoms with E-state index in [9.17, 15) is 4.39 Å². The van der Waals surface area contributed by atoms with Crippen LogP contribution in [-0.4, -0.2) is 58.4 Å². The summed E-state index contributed by atoms with van der Waals surface area (Å²) in [6, 6.07) is 24.8. The van der Waals surface area contributed by atoms with Crippen LogP contribution in [0.1, 0.15) is 23.0 Å². The van der Waals surface area contributed by atoms with E-state index in [1.807, 2.05) is 47.1 Å². The standard InChI is InChI=1S/C26H27FN6O/c1-34-24-13-11-23(12-14-24)31-15-17-32(18-16-31)25(21-7-9-22(27)10-8-21)26-28-29-30-33(26)19-20-5-3-2-4-6-20/h2-14,25H,15-19H2,1H3/t25-/m1/s1. The Labute approximate surface area is 198 Å². The molecule has 0 N–H and O–H groups in total. The Balaban J connectivity index is 1.40. The summed E-state index contributed by atoms with van der Waals surface area (Å²) >= 11 is 0. The minimum absolute atomic E-state index is 0.169. The zero-order chi connectivity index (χ0) is 23.3. The maximum atomic E-state index is 13.7. The largest absolute Gasteiger partial charge is 0.497 e. The van der Waals surface area contributed by atoms with Gasteiger partial charge in [0.05, 0.1) is 19.7 Å². The summed E-state index contributed by atoms with van der Waals surface area (Å²) < 4.78 is 20.8. The van der Waals surface area contributed by atoms with Crippen LogP contribution in [0, 0.1) is 5.82 Å². The van der Waals surface area contributed by atoms with E-state index < -0.39 is 0 Å². The van der Waals surface area contributed by atoms with Gasteiger partial charge in [-0.15, -0.1) is 5.10 Å². The van der Waals surface area contributed by atoms with Gasteiger partial charge in [-0.25, -0.2) is 9.07 Å². The van der Waals surface area contributed by atoms with Gasteiger partial charge in [-0.1, -0.05) is 42.5 Å². The number of benzene rings is 3. The number of halogens is 1. The maximum Gasteiger partial charge on any atom is 0.173 e. The number of piperazine rings is 1. The van der Waals surface area contributed by atoms with E-state index in [0.717, 1.165) is 48.9 Å². The molecule has 4 aromatic rings. The third kappa shape index (κ3) is 4.77. The van der Waals surface area contributed by atoms with Gasteiger partial charge >= 0.3 is 0 Å². The average Bonchev–Trinajstić information content (AvgIpc) is 3.34. The fourth-order valence-corrected chi connectivity index (χ4v) is 4.48. The van der Waals surface area contributed by atoms with Crippen LogP contribution in [0.4, 0.5) is 10.1 Å². The summed E-state index contributed by atoms with van der Waals surface area (Å²) in [5, 5.41) is 12.7. The molecule has 3 aromatic carbocycles. The zero-order valence-electron chi connectivity index (χ0n) is 19.1. The maximum absolute atomic E-state index is 13.7. The lowest BCUT2D eigenvalue weighted by molar-refractivity contribution is 0.201. The number of rotatable bonds is 7. The number of ether oxygens (including phenoxy) is 1. The van der Waals surface area contributed by atoms with Crippen LogP contribution in [0.3, 0.4) is 0 Å². The van der Waals surface area contributed by atoms with Crippen LogP contribution < -0.4 is 9.64 Å². The fraction of sp³-hybridized carbons (Fsp3) is 0.269. The van der Waals surface area contributed by atoms with Gasteiger partial charge in [0, 0.05) is 31.9 Å². The first-order valence-corrected chi connectivity index (χ1v) is 11.4. The number of hydrogen-bond donors (Lipinski definition) is 0. The highest BCUT2D eigenvalue weighted by atomic mass is 19.1. The van der Waals surface area contributed by atoms with Crippen molar-refractivity contribution in [1.29, 1.82) is 0 Å². The molecule has 2 heterocycles. The molecule has 1 atom stereocenters. The molecule has 7 nitrogen and oxygen atoms in total. The molecule has 5 rings (SSSR count). The Morgan fingerprint density at radius 3 is 2.26 bits per heavy atom. The third-order valence-electron chi connectivity index (χ3n) is 6.28. The quantitative estimate of drug-likeness (QED) is 0.420. The summed E-state index contributed by atoms with van der Waals surface area (Å²) in [6.07, 6.45) is 0. The van der Waals surface area contributed by atoms with Crippen LogP contribution >= 0.6 is 0 Å². The third-order valence-corrected chi connectivity index (χ3v) is 6.28. The van der Waals surface area contributed by atoms with Crippen molar-refractivity contribution in [2.75, 3.05) is 38.2 Å². The number of aromatic nitrogens is 4. The Hall–Kier alpha value is -3.78. The van der Waals surface area contributed by atoms with E-state index in [2.05, 4.69) is 49.6 Å². The predicted molar refractivity (Wildman–Crippen MR) is 128 cm³/mol. The van der Waals surface area contributed by atoms with E-state index in [1.165, 1.54) is 17.8 Å². The molecule has 1 aliphatic rings. The number of nitrogens with zero attached hydrogens (tertiary/aromatic N) is 6. The van der Waals surface area contributed by atoms with Gasteiger partial charge in [-0.2, -0.15) is 0 Å². The monoisotopic (exact) mass is 458 g/mol. The molecule has 0 unspecified atom stereocenters. The molecule has 0 saturated carbocycles. The highest BCUT2D eigenvalue weighted by Crippen LogP contribution is 2.30. The summed E-state index contributed by atoms with van der Waals surface area (Å²) in [5.74, 6) is 1.35. The summed E-state index contributed by atoms with van der Waals surface area (Å²) in [6.45, 7) is 3.96. The smallest absolute Gasteiger partial charge is 0.173 e. The zero-order valence-corrected chi connectivity index (χ0v) is 19.1. The molecule has 1 saturated heterocycles. The lowest BCUT2D eigenvalue weighted by Gasteiger charge is -2.40. The molecule has 0 spiro atoms. The Morgan fingerprint density at radius 2 is 1.59 bits per heavy atom. The van der Waals surface area contributed by atoms with Gasteiger partial charge < -0.3 is 9.64 Å². The van der Waals surface area contributed by atoms with Crippen molar-refractivity contribution in [3.8, 4) is 5.75 Å². The van der Waals surface area contributed by atoms with Crippen molar-refractivity contribution in [3.63, 3.8) is 0 Å². The van der Waals surface area contributed by atoms with Crippen molar-refractivity contribution in [2.24, 2.45) is 0 Å². The van der Waals surface area contributed by atoms with Gasteiger partial charge in [0.1, 0.15) is 11.6 Å². The van der Waals surface area contributed by atoms with Crippen molar-refractivity contribution < 1.29 is 9.13 Å². The first-order valence-electron chi connectivity index (χ1n) is 11.4. The number of hydrogen-bond acceptors (Lipinski definition) is 6. The van der Waals surface area contributed by atoms with Crippen molar-refractivity contribution in [1.82, 2.24) is 25.1 Å². The first kappa shape index (κ1) is 22.0. The van der Waals surface area contributed by atoms with Crippen LogP contribution in [0.5, 0.6) is 5.75 Å². The fourth-order valence-electron chi connectivity index (χ4n) is 4.48. The highest BCUT2D eigenvalue weighted by Gasteiger charge is 2.30. The summed E-state index contributed by atoms with van der Waals surface area (Å²) in [5.41, 5.74) is 3.27. The van der Waals surface area contributed by atoms with E-state index in [4.69, 9.17) is 4.74 Å². The van der Waals surface area contributed by atoms with E-state index in [0.29, 0.717) is 6.54 Å². The number of tetrazole rings is 1. The van der Waals surface area contributed by atoms with Gasteiger partial charge in [-0.05, 0) is 58.0 Å². The Kier molecular flexibility index (Phi) is 6.49. The topological polar surface area (TPSA) is 59.3 Å². The lowest BCUT2D eigenvalue weighted by Crippen LogP contribution is -2.48. The average molecular weight is 459 g/mol. The second kappa shape index (κ2) is 10.0. The first-order chi connectivity index (χ1) is 16.7. The van der Waals surface area contributed by atoms with Crippen molar-refractivity contribution in [2.45, 2.75) is 12.6 Å². The summed E-state index contributed by atoms with van der Waals surface area (Å²) in [4.78, 5) is 4.74. The molecule has 1 aliphatic heterocycles. The summed E-state index contributed by atoms with van der Waals surface area (Å²) in [7, 11) is 1.68. The van der Waals surface area contributed by atoms with E-state index in [-0.39, 0.29) is 11.9 Å². The molecule has 0 radical (unpaired) electrons. The van der Waals surface area contributed by atoms with Gasteiger partial charge in [0.2, 0.25) is 0 Å². The van der Waals surface area contributed by atoms with E-state index >= 15 is 0 Å².